The monoisotopic (exact) mass is 289 g/mol. The van der Waals surface area contributed by atoms with Gasteiger partial charge in [-0.25, -0.2) is 4.98 Å². The Morgan fingerprint density at radius 1 is 1.35 bits per heavy atom. The Bertz CT molecular complexity index is 548. The minimum Gasteiger partial charge on any atom is -0.318 e. The summed E-state index contributed by atoms with van der Waals surface area (Å²) in [5.41, 5.74) is 3.61. The smallest absolute Gasteiger partial charge is 0.190 e. The van der Waals surface area contributed by atoms with Crippen LogP contribution in [0.5, 0.6) is 0 Å². The van der Waals surface area contributed by atoms with E-state index in [2.05, 4.69) is 67.6 Å². The number of aryl methyl sites for hydroxylation is 1. The van der Waals surface area contributed by atoms with E-state index in [-0.39, 0.29) is 0 Å². The van der Waals surface area contributed by atoms with Crippen LogP contribution in [-0.4, -0.2) is 17.6 Å². The lowest BCUT2D eigenvalue weighted by Gasteiger charge is -2.20. The zero-order valence-corrected chi connectivity index (χ0v) is 13.5. The molecular weight excluding hydrogens is 266 g/mol. The second-order valence-corrected chi connectivity index (χ2v) is 6.08. The number of aromatic nitrogens is 1. The zero-order valence-electron chi connectivity index (χ0n) is 12.7. The molecular formula is C16H23N3S. The van der Waals surface area contributed by atoms with Crippen LogP contribution in [0.15, 0.2) is 29.6 Å². The summed E-state index contributed by atoms with van der Waals surface area (Å²) < 4.78 is 0. The van der Waals surface area contributed by atoms with Gasteiger partial charge in [0.2, 0.25) is 0 Å². The molecule has 0 fully saturated rings. The molecule has 2 rings (SSSR count). The predicted molar refractivity (Wildman–Crippen MR) is 87.9 cm³/mol. The van der Waals surface area contributed by atoms with E-state index in [1.807, 2.05) is 0 Å². The standard InChI is InChI=1S/C16H23N3S/c1-5-19(15-8-6-7-13(4)9-15)16-18-14(11-20-16)10-17-12(2)3/h6-9,11-12,17H,5,10H2,1-4H3. The van der Waals surface area contributed by atoms with Gasteiger partial charge in [0.25, 0.3) is 0 Å². The second kappa shape index (κ2) is 6.86. The molecule has 108 valence electrons. The van der Waals surface area contributed by atoms with Crippen molar-refractivity contribution >= 4 is 22.2 Å². The van der Waals surface area contributed by atoms with Gasteiger partial charge >= 0.3 is 0 Å². The van der Waals surface area contributed by atoms with Crippen LogP contribution in [0.25, 0.3) is 0 Å². The minimum atomic E-state index is 0.485. The number of hydrogen-bond acceptors (Lipinski definition) is 4. The summed E-state index contributed by atoms with van der Waals surface area (Å²) in [6.45, 7) is 10.3. The summed E-state index contributed by atoms with van der Waals surface area (Å²) in [7, 11) is 0. The van der Waals surface area contributed by atoms with Crippen molar-refractivity contribution < 1.29 is 0 Å². The highest BCUT2D eigenvalue weighted by Crippen LogP contribution is 2.28. The van der Waals surface area contributed by atoms with Crippen LogP contribution < -0.4 is 10.2 Å². The van der Waals surface area contributed by atoms with E-state index in [0.717, 1.165) is 23.9 Å². The maximum atomic E-state index is 4.74. The van der Waals surface area contributed by atoms with Gasteiger partial charge in [0.1, 0.15) is 0 Å². The van der Waals surface area contributed by atoms with Crippen LogP contribution in [0, 0.1) is 6.92 Å². The van der Waals surface area contributed by atoms with Crippen LogP contribution in [0.1, 0.15) is 32.0 Å². The van der Waals surface area contributed by atoms with Crippen LogP contribution in [0.3, 0.4) is 0 Å². The average Bonchev–Trinajstić information content (AvgIpc) is 2.86. The lowest BCUT2D eigenvalue weighted by atomic mass is 10.2. The quantitative estimate of drug-likeness (QED) is 0.867. The van der Waals surface area contributed by atoms with Gasteiger partial charge in [-0.3, -0.25) is 0 Å². The summed E-state index contributed by atoms with van der Waals surface area (Å²) in [6, 6.07) is 9.06. The molecule has 0 atom stereocenters. The summed E-state index contributed by atoms with van der Waals surface area (Å²) in [6.07, 6.45) is 0. The molecule has 1 N–H and O–H groups in total. The SMILES string of the molecule is CCN(c1cccc(C)c1)c1nc(CNC(C)C)cs1. The molecule has 0 radical (unpaired) electrons. The molecule has 0 bridgehead atoms. The van der Waals surface area contributed by atoms with Crippen molar-refractivity contribution in [2.24, 2.45) is 0 Å². The number of benzene rings is 1. The van der Waals surface area contributed by atoms with Gasteiger partial charge in [-0.2, -0.15) is 0 Å². The highest BCUT2D eigenvalue weighted by atomic mass is 32.1. The molecule has 0 aliphatic rings. The van der Waals surface area contributed by atoms with Gasteiger partial charge in [0.15, 0.2) is 5.13 Å². The van der Waals surface area contributed by atoms with E-state index >= 15 is 0 Å². The number of thiazole rings is 1. The van der Waals surface area contributed by atoms with Crippen molar-refractivity contribution in [2.75, 3.05) is 11.4 Å². The Morgan fingerprint density at radius 2 is 2.15 bits per heavy atom. The molecule has 2 aromatic rings. The molecule has 1 heterocycles. The van der Waals surface area contributed by atoms with Crippen molar-refractivity contribution in [3.05, 3.63) is 40.9 Å². The molecule has 0 unspecified atom stereocenters. The number of nitrogens with one attached hydrogen (secondary N) is 1. The second-order valence-electron chi connectivity index (χ2n) is 5.24. The van der Waals surface area contributed by atoms with Gasteiger partial charge in [0, 0.05) is 30.2 Å². The molecule has 0 aliphatic carbocycles. The highest BCUT2D eigenvalue weighted by Gasteiger charge is 2.12. The maximum Gasteiger partial charge on any atom is 0.190 e. The first-order valence-corrected chi connectivity index (χ1v) is 8.00. The first-order chi connectivity index (χ1) is 9.60. The van der Waals surface area contributed by atoms with Crippen LogP contribution in [0.4, 0.5) is 10.8 Å². The fourth-order valence-corrected chi connectivity index (χ4v) is 2.94. The fourth-order valence-electron chi connectivity index (χ4n) is 2.03. The van der Waals surface area contributed by atoms with Crippen LogP contribution in [0.2, 0.25) is 0 Å². The van der Waals surface area contributed by atoms with Crippen LogP contribution >= 0.6 is 11.3 Å². The summed E-state index contributed by atoms with van der Waals surface area (Å²) in [5.74, 6) is 0. The molecule has 20 heavy (non-hydrogen) atoms. The molecule has 0 saturated heterocycles. The van der Waals surface area contributed by atoms with Crippen molar-refractivity contribution in [2.45, 2.75) is 40.3 Å². The predicted octanol–water partition coefficient (Wildman–Crippen LogP) is 4.11. The van der Waals surface area contributed by atoms with E-state index in [9.17, 15) is 0 Å². The fraction of sp³-hybridized carbons (Fsp3) is 0.438. The zero-order chi connectivity index (χ0) is 14.5. The molecule has 0 amide bonds. The summed E-state index contributed by atoms with van der Waals surface area (Å²) in [4.78, 5) is 7.00. The van der Waals surface area contributed by atoms with Crippen molar-refractivity contribution in [3.63, 3.8) is 0 Å². The van der Waals surface area contributed by atoms with Gasteiger partial charge in [-0.15, -0.1) is 11.3 Å². The third kappa shape index (κ3) is 3.81. The largest absolute Gasteiger partial charge is 0.318 e. The topological polar surface area (TPSA) is 28.2 Å². The third-order valence-electron chi connectivity index (χ3n) is 3.09. The number of nitrogens with zero attached hydrogens (tertiary/aromatic N) is 2. The molecule has 1 aromatic carbocycles. The lowest BCUT2D eigenvalue weighted by Crippen LogP contribution is -2.22. The minimum absolute atomic E-state index is 0.485. The number of rotatable bonds is 6. The highest BCUT2D eigenvalue weighted by molar-refractivity contribution is 7.13. The van der Waals surface area contributed by atoms with Gasteiger partial charge in [-0.05, 0) is 31.5 Å². The number of hydrogen-bond donors (Lipinski definition) is 1. The van der Waals surface area contributed by atoms with Crippen molar-refractivity contribution in [1.29, 1.82) is 0 Å². The molecule has 4 heteroatoms. The maximum absolute atomic E-state index is 4.74. The van der Waals surface area contributed by atoms with Gasteiger partial charge in [-0.1, -0.05) is 26.0 Å². The molecule has 1 aromatic heterocycles. The number of anilines is 2. The van der Waals surface area contributed by atoms with Gasteiger partial charge < -0.3 is 10.2 Å². The Labute approximate surface area is 125 Å². The van der Waals surface area contributed by atoms with Crippen molar-refractivity contribution in [3.8, 4) is 0 Å². The van der Waals surface area contributed by atoms with Gasteiger partial charge in [0.05, 0.1) is 5.69 Å². The summed E-state index contributed by atoms with van der Waals surface area (Å²) in [5, 5.41) is 6.62. The third-order valence-corrected chi connectivity index (χ3v) is 4.00. The Kier molecular flexibility index (Phi) is 5.15. The first-order valence-electron chi connectivity index (χ1n) is 7.12. The summed E-state index contributed by atoms with van der Waals surface area (Å²) >= 11 is 1.71. The average molecular weight is 289 g/mol. The first kappa shape index (κ1) is 15.0. The van der Waals surface area contributed by atoms with E-state index in [0.29, 0.717) is 6.04 Å². The van der Waals surface area contributed by atoms with Crippen molar-refractivity contribution in [1.82, 2.24) is 10.3 Å². The molecule has 0 saturated carbocycles. The Balaban J connectivity index is 2.16. The molecule has 3 nitrogen and oxygen atoms in total. The lowest BCUT2D eigenvalue weighted by molar-refractivity contribution is 0.583. The molecule has 0 aliphatic heterocycles. The van der Waals surface area contributed by atoms with E-state index in [1.54, 1.807) is 11.3 Å². The van der Waals surface area contributed by atoms with E-state index < -0.39 is 0 Å². The van der Waals surface area contributed by atoms with Crippen LogP contribution in [-0.2, 0) is 6.54 Å². The Hall–Kier alpha value is -1.39. The molecule has 0 spiro atoms. The van der Waals surface area contributed by atoms with E-state index in [1.165, 1.54) is 11.3 Å². The Morgan fingerprint density at radius 3 is 2.80 bits per heavy atom. The normalized spacial score (nSPS) is 11.1. The van der Waals surface area contributed by atoms with E-state index in [4.69, 9.17) is 4.98 Å².